The van der Waals surface area contributed by atoms with Crippen molar-refractivity contribution >= 4 is 0 Å². The summed E-state index contributed by atoms with van der Waals surface area (Å²) in [5, 5.41) is 6.68. The highest BCUT2D eigenvalue weighted by Crippen LogP contribution is 2.13. The van der Waals surface area contributed by atoms with E-state index in [1.165, 1.54) is 22.5 Å². The molecule has 2 aliphatic heterocycles. The first-order valence-corrected chi connectivity index (χ1v) is 17.6. The molecule has 7 nitrogen and oxygen atoms in total. The number of likely N-dealkylation sites (N-methyl/N-ethyl adjacent to an activating group) is 3. The second kappa shape index (κ2) is 30.3. The molecule has 0 saturated heterocycles. The summed E-state index contributed by atoms with van der Waals surface area (Å²) >= 11 is 0. The van der Waals surface area contributed by atoms with Crippen molar-refractivity contribution < 1.29 is 4.74 Å². The first kappa shape index (κ1) is 49.8. The normalized spacial score (nSPS) is 13.3. The zero-order valence-corrected chi connectivity index (χ0v) is 31.0. The number of nitrogens with zero attached hydrogens (tertiary/aromatic N) is 3. The van der Waals surface area contributed by atoms with Gasteiger partial charge in [-0.2, -0.15) is 0 Å². The second-order valence-electron chi connectivity index (χ2n) is 12.1. The summed E-state index contributed by atoms with van der Waals surface area (Å²) in [4.78, 5) is 6.85. The molecule has 0 radical (unpaired) electrons. The number of ether oxygens (including phenoxy) is 1. The van der Waals surface area contributed by atoms with Gasteiger partial charge in [0.25, 0.3) is 0 Å². The minimum Gasteiger partial charge on any atom is -0.458 e. The molecule has 2 heterocycles. The van der Waals surface area contributed by atoms with Crippen molar-refractivity contribution in [2.75, 3.05) is 67.0 Å². The van der Waals surface area contributed by atoms with Gasteiger partial charge in [-0.25, -0.2) is 0 Å². The average Bonchev–Trinajstić information content (AvgIpc) is 3.12. The topological polar surface area (TPSA) is 69.0 Å². The van der Waals surface area contributed by atoms with Crippen LogP contribution in [-0.2, 0) is 13.0 Å². The molecule has 0 atom stereocenters. The van der Waals surface area contributed by atoms with E-state index in [2.05, 4.69) is 121 Å². The predicted octanol–water partition coefficient (Wildman–Crippen LogP) is 8.93. The van der Waals surface area contributed by atoms with Crippen molar-refractivity contribution in [2.45, 2.75) is 62.4 Å². The summed E-state index contributed by atoms with van der Waals surface area (Å²) < 4.78 is 5.71. The lowest BCUT2D eigenvalue weighted by Crippen LogP contribution is -2.34. The number of nitrogens with one attached hydrogen (secondary N) is 2. The molecular weight excluding hydrogens is 641 g/mol. The molecule has 4 N–H and O–H groups in total. The quantitative estimate of drug-likeness (QED) is 0.119. The fourth-order valence-corrected chi connectivity index (χ4v) is 4.98. The third-order valence-corrected chi connectivity index (χ3v) is 8.16. The molecule has 0 saturated carbocycles. The van der Waals surface area contributed by atoms with Crippen LogP contribution in [0.2, 0.25) is 0 Å². The molecule has 0 fully saturated rings. The summed E-state index contributed by atoms with van der Waals surface area (Å²) in [5.41, 5.74) is 12.2. The fraction of sp³-hybridized carbons (Fsp3) is 0.422. The average molecular weight is 715 g/mol. The summed E-state index contributed by atoms with van der Waals surface area (Å²) in [6, 6.07) is 18.6. The van der Waals surface area contributed by atoms with Gasteiger partial charge >= 0.3 is 0 Å². The van der Waals surface area contributed by atoms with Gasteiger partial charge in [-0.05, 0) is 81.3 Å². The minimum atomic E-state index is 0. The molecule has 290 valence electrons. The van der Waals surface area contributed by atoms with Crippen LogP contribution >= 0.6 is 0 Å². The van der Waals surface area contributed by atoms with Crippen molar-refractivity contribution in [3.8, 4) is 5.75 Å². The first-order chi connectivity index (χ1) is 23.8. The summed E-state index contributed by atoms with van der Waals surface area (Å²) in [5.74, 6) is 1.39. The lowest BCUT2D eigenvalue weighted by molar-refractivity contribution is 0.275. The number of nitrogens with two attached hydrogens (primary N) is 1. The van der Waals surface area contributed by atoms with E-state index in [1.807, 2.05) is 62.5 Å². The molecule has 0 amide bonds. The molecular formula is C45H74N6O. The molecule has 0 spiro atoms. The molecule has 0 aliphatic carbocycles. The molecule has 0 aromatic heterocycles. The van der Waals surface area contributed by atoms with Gasteiger partial charge in [0.2, 0.25) is 0 Å². The maximum absolute atomic E-state index is 5.75. The fourth-order valence-electron chi connectivity index (χ4n) is 4.98. The van der Waals surface area contributed by atoms with E-state index >= 15 is 0 Å². The number of benzene rings is 2. The SMILES string of the molecule is C.C.C.C=C(/C=C\C(=C/C)NCCc1ccc(CN(CCN)CCNC)cc1)Oc1ccccc1.CC1=CC=CCN1C.CCC1=CC=CCN1C. The lowest BCUT2D eigenvalue weighted by atomic mass is 10.1. The van der Waals surface area contributed by atoms with Crippen LogP contribution in [0.1, 0.15) is 60.6 Å². The smallest absolute Gasteiger partial charge is 0.127 e. The Kier molecular flexibility index (Phi) is 29.1. The third kappa shape index (κ3) is 21.2. The standard InChI is InChI=1S/C27H38N4O.C8H13N.C7H11N.3CH4/c1-4-26(15-10-23(2)32-27-8-6-5-7-9-27)30-18-16-24-11-13-25(14-12-24)22-31(20-17-28)21-19-29-3;1-3-8-6-4-5-7-9(8)2;1-7-5-3-4-6-8(7)2;;;/h4-15,29-30H,2,16-22,28H2,1,3H3;4-6H,3,7H2,1-2H3;3-5H,6H2,1-2H3;3*1H4/b15-10-,26-4+;;;;;. The van der Waals surface area contributed by atoms with E-state index in [9.17, 15) is 0 Å². The number of rotatable bonds is 16. The Morgan fingerprint density at radius 3 is 2.04 bits per heavy atom. The van der Waals surface area contributed by atoms with E-state index in [-0.39, 0.29) is 22.3 Å². The van der Waals surface area contributed by atoms with Crippen LogP contribution in [0.15, 0.2) is 139 Å². The molecule has 0 bridgehead atoms. The van der Waals surface area contributed by atoms with Crippen molar-refractivity contribution in [1.29, 1.82) is 0 Å². The van der Waals surface area contributed by atoms with Crippen LogP contribution in [0.4, 0.5) is 0 Å². The van der Waals surface area contributed by atoms with Crippen molar-refractivity contribution in [3.63, 3.8) is 0 Å². The van der Waals surface area contributed by atoms with Crippen LogP contribution in [0.5, 0.6) is 5.75 Å². The zero-order chi connectivity index (χ0) is 35.7. The van der Waals surface area contributed by atoms with Gasteiger partial charge in [0.05, 0.1) is 0 Å². The van der Waals surface area contributed by atoms with Crippen LogP contribution in [0, 0.1) is 0 Å². The first-order valence-electron chi connectivity index (χ1n) is 17.6. The van der Waals surface area contributed by atoms with Crippen LogP contribution in [-0.4, -0.2) is 81.7 Å². The van der Waals surface area contributed by atoms with E-state index in [0.29, 0.717) is 12.3 Å². The van der Waals surface area contributed by atoms with Gasteiger partial charge in [-0.1, -0.05) is 109 Å². The summed E-state index contributed by atoms with van der Waals surface area (Å²) in [6.07, 6.45) is 20.8. The molecule has 2 aromatic rings. The van der Waals surface area contributed by atoms with Crippen LogP contribution in [0.3, 0.4) is 0 Å². The second-order valence-corrected chi connectivity index (χ2v) is 12.1. The summed E-state index contributed by atoms with van der Waals surface area (Å²) in [7, 11) is 6.20. The third-order valence-electron chi connectivity index (χ3n) is 8.16. The number of hydrogen-bond donors (Lipinski definition) is 3. The van der Waals surface area contributed by atoms with E-state index in [4.69, 9.17) is 10.5 Å². The van der Waals surface area contributed by atoms with Gasteiger partial charge in [0.15, 0.2) is 0 Å². The van der Waals surface area contributed by atoms with Gasteiger partial charge in [0, 0.05) is 83.5 Å². The van der Waals surface area contributed by atoms with E-state index in [1.54, 1.807) is 0 Å². The molecule has 7 heteroatoms. The largest absolute Gasteiger partial charge is 0.458 e. The van der Waals surface area contributed by atoms with Gasteiger partial charge in [-0.15, -0.1) is 0 Å². The van der Waals surface area contributed by atoms with Crippen molar-refractivity contribution in [1.82, 2.24) is 25.3 Å². The number of para-hydroxylation sites is 1. The van der Waals surface area contributed by atoms with Crippen LogP contribution < -0.4 is 21.1 Å². The van der Waals surface area contributed by atoms with Crippen molar-refractivity contribution in [3.05, 3.63) is 150 Å². The Morgan fingerprint density at radius 1 is 0.885 bits per heavy atom. The molecule has 52 heavy (non-hydrogen) atoms. The monoisotopic (exact) mass is 715 g/mol. The Bertz CT molecular complexity index is 1390. The molecule has 2 aliphatic rings. The Hall–Kier alpha value is -4.30. The maximum Gasteiger partial charge on any atom is 0.127 e. The highest BCUT2D eigenvalue weighted by molar-refractivity contribution is 5.28. The van der Waals surface area contributed by atoms with Crippen LogP contribution in [0.25, 0.3) is 0 Å². The highest BCUT2D eigenvalue weighted by Gasteiger charge is 2.05. The Balaban J connectivity index is 0. The molecule has 2 aromatic carbocycles. The van der Waals surface area contributed by atoms with Gasteiger partial charge in [-0.3, -0.25) is 4.90 Å². The van der Waals surface area contributed by atoms with Gasteiger partial charge < -0.3 is 30.9 Å². The van der Waals surface area contributed by atoms with E-state index in [0.717, 1.165) is 70.1 Å². The molecule has 0 unspecified atom stereocenters. The predicted molar refractivity (Wildman–Crippen MR) is 231 cm³/mol. The van der Waals surface area contributed by atoms with Crippen molar-refractivity contribution in [2.24, 2.45) is 5.73 Å². The van der Waals surface area contributed by atoms with Gasteiger partial charge in [0.1, 0.15) is 11.5 Å². The molecule has 4 rings (SSSR count). The number of hydrogen-bond acceptors (Lipinski definition) is 7. The Morgan fingerprint density at radius 2 is 1.52 bits per heavy atom. The lowest BCUT2D eigenvalue weighted by Gasteiger charge is -2.21. The zero-order valence-electron chi connectivity index (χ0n) is 31.0. The Labute approximate surface area is 320 Å². The number of allylic oxidation sites excluding steroid dienone is 9. The highest BCUT2D eigenvalue weighted by atomic mass is 16.5. The van der Waals surface area contributed by atoms with E-state index < -0.39 is 0 Å². The minimum absolute atomic E-state index is 0. The summed E-state index contributed by atoms with van der Waals surface area (Å²) in [6.45, 7) is 17.8. The maximum atomic E-state index is 5.75.